The summed E-state index contributed by atoms with van der Waals surface area (Å²) < 4.78 is 0.447. The molecule has 5 heteroatoms. The summed E-state index contributed by atoms with van der Waals surface area (Å²) in [5.74, 6) is 0.616. The van der Waals surface area contributed by atoms with Crippen LogP contribution in [-0.4, -0.2) is 4.33 Å². The number of allylic oxidation sites excluding steroid dienone is 6. The van der Waals surface area contributed by atoms with Crippen LogP contribution in [0.2, 0.25) is 0 Å². The molecule has 3 aliphatic rings. The zero-order chi connectivity index (χ0) is 11.0. The lowest BCUT2D eigenvalue weighted by atomic mass is 9.93. The fourth-order valence-corrected chi connectivity index (χ4v) is 4.56. The van der Waals surface area contributed by atoms with Crippen molar-refractivity contribution in [2.75, 3.05) is 0 Å². The monoisotopic (exact) mass is 392 g/mol. The van der Waals surface area contributed by atoms with Crippen molar-refractivity contribution in [1.29, 1.82) is 0 Å². The Morgan fingerprint density at radius 3 is 2.60 bits per heavy atom. The van der Waals surface area contributed by atoms with E-state index in [1.54, 1.807) is 6.08 Å². The molecule has 0 aromatic rings. The Hall–Kier alpha value is 1.11. The topological polar surface area (TPSA) is 0 Å². The fourth-order valence-electron chi connectivity index (χ4n) is 2.45. The maximum Gasteiger partial charge on any atom is 0.129 e. The lowest BCUT2D eigenvalue weighted by Crippen LogP contribution is -2.14. The molecule has 0 aromatic heterocycles. The molecular weight excluding hydrogens is 389 g/mol. The molecule has 3 aliphatic carbocycles. The minimum absolute atomic E-state index is 0.154. The molecule has 0 bridgehead atoms. The first-order chi connectivity index (χ1) is 6.94. The third-order valence-electron chi connectivity index (χ3n) is 3.24. The predicted octanol–water partition coefficient (Wildman–Crippen LogP) is 4.98. The van der Waals surface area contributed by atoms with E-state index in [0.29, 0.717) is 5.03 Å². The summed E-state index contributed by atoms with van der Waals surface area (Å²) in [5.41, 5.74) is 1.19. The van der Waals surface area contributed by atoms with Gasteiger partial charge in [-0.25, -0.2) is 0 Å². The van der Waals surface area contributed by atoms with Crippen LogP contribution in [0.1, 0.15) is 0 Å². The highest BCUT2D eigenvalue weighted by molar-refractivity contribution is 14.1. The molecule has 3 atom stereocenters. The summed E-state index contributed by atoms with van der Waals surface area (Å²) in [6.45, 7) is 0. The van der Waals surface area contributed by atoms with Crippen molar-refractivity contribution in [2.45, 2.75) is 4.33 Å². The van der Waals surface area contributed by atoms with E-state index < -0.39 is 4.33 Å². The van der Waals surface area contributed by atoms with E-state index in [1.807, 2.05) is 0 Å². The lowest BCUT2D eigenvalue weighted by Gasteiger charge is -2.23. The van der Waals surface area contributed by atoms with Crippen molar-refractivity contribution < 1.29 is 0 Å². The molecule has 0 aromatic carbocycles. The van der Waals surface area contributed by atoms with Crippen LogP contribution < -0.4 is 0 Å². The first-order valence-corrected chi connectivity index (χ1v) is 7.06. The minimum atomic E-state index is -0.622. The van der Waals surface area contributed by atoms with Gasteiger partial charge in [-0.3, -0.25) is 0 Å². The summed E-state index contributed by atoms with van der Waals surface area (Å²) in [6, 6.07) is 0. The van der Waals surface area contributed by atoms with Crippen LogP contribution in [0.15, 0.2) is 31.4 Å². The molecule has 3 unspecified atom stereocenters. The summed E-state index contributed by atoms with van der Waals surface area (Å²) in [6.07, 6.45) is 3.92. The van der Waals surface area contributed by atoms with Gasteiger partial charge in [-0.05, 0) is 34.2 Å². The van der Waals surface area contributed by atoms with Gasteiger partial charge in [-0.2, -0.15) is 0 Å². The molecule has 0 aliphatic heterocycles. The second-order valence-electron chi connectivity index (χ2n) is 4.02. The third kappa shape index (κ3) is 1.40. The van der Waals surface area contributed by atoms with Crippen LogP contribution in [0.4, 0.5) is 0 Å². The van der Waals surface area contributed by atoms with Crippen molar-refractivity contribution in [3.8, 4) is 0 Å². The molecule has 0 N–H and O–H groups in total. The fraction of sp³-hybridized carbons (Fsp3) is 0.400. The second-order valence-corrected chi connectivity index (χ2v) is 7.38. The van der Waals surface area contributed by atoms with Crippen molar-refractivity contribution in [3.05, 3.63) is 31.4 Å². The van der Waals surface area contributed by atoms with Gasteiger partial charge in [0.15, 0.2) is 0 Å². The van der Waals surface area contributed by atoms with Gasteiger partial charge in [-0.15, -0.1) is 23.2 Å². The Kier molecular flexibility index (Phi) is 2.48. The minimum Gasteiger partial charge on any atom is -0.101 e. The zero-order valence-electron chi connectivity index (χ0n) is 7.28. The SMILES string of the molecule is ClC1=CC(Cl)=C(I)C2=CC3C(C12)C3(Cl)Cl. The smallest absolute Gasteiger partial charge is 0.101 e. The van der Waals surface area contributed by atoms with Crippen molar-refractivity contribution in [3.63, 3.8) is 0 Å². The first-order valence-electron chi connectivity index (χ1n) is 4.47. The summed E-state index contributed by atoms with van der Waals surface area (Å²) in [7, 11) is 0. The van der Waals surface area contributed by atoms with E-state index in [9.17, 15) is 0 Å². The average Bonchev–Trinajstić information content (AvgIpc) is 2.60. The molecule has 1 saturated carbocycles. The van der Waals surface area contributed by atoms with Crippen LogP contribution in [0.25, 0.3) is 0 Å². The Morgan fingerprint density at radius 2 is 1.93 bits per heavy atom. The third-order valence-corrected chi connectivity index (χ3v) is 6.42. The Bertz CT molecular complexity index is 446. The van der Waals surface area contributed by atoms with Crippen LogP contribution in [0.5, 0.6) is 0 Å². The summed E-state index contributed by atoms with van der Waals surface area (Å²) in [5, 5.41) is 1.46. The highest BCUT2D eigenvalue weighted by Gasteiger charge is 2.69. The van der Waals surface area contributed by atoms with Crippen LogP contribution in [0.3, 0.4) is 0 Å². The molecule has 0 saturated heterocycles. The van der Waals surface area contributed by atoms with E-state index >= 15 is 0 Å². The van der Waals surface area contributed by atoms with Crippen molar-refractivity contribution in [2.24, 2.45) is 17.8 Å². The van der Waals surface area contributed by atoms with Crippen LogP contribution in [0, 0.1) is 17.8 Å². The highest BCUT2D eigenvalue weighted by Crippen LogP contribution is 2.71. The normalized spacial score (nSPS) is 40.7. The number of rotatable bonds is 0. The molecule has 1 fully saturated rings. The molecule has 3 rings (SSSR count). The molecule has 15 heavy (non-hydrogen) atoms. The molecule has 0 nitrogen and oxygen atoms in total. The zero-order valence-corrected chi connectivity index (χ0v) is 12.5. The van der Waals surface area contributed by atoms with Gasteiger partial charge < -0.3 is 0 Å². The summed E-state index contributed by atoms with van der Waals surface area (Å²) >= 11 is 26.8. The van der Waals surface area contributed by atoms with Gasteiger partial charge >= 0.3 is 0 Å². The van der Waals surface area contributed by atoms with Crippen molar-refractivity contribution >= 4 is 69.0 Å². The summed E-state index contributed by atoms with van der Waals surface area (Å²) in [4.78, 5) is 0. The number of fused-ring (bicyclic) bond motifs is 3. The van der Waals surface area contributed by atoms with Gasteiger partial charge in [0.05, 0.1) is 5.03 Å². The van der Waals surface area contributed by atoms with E-state index in [4.69, 9.17) is 46.4 Å². The highest BCUT2D eigenvalue weighted by atomic mass is 127. The van der Waals surface area contributed by atoms with Crippen molar-refractivity contribution in [1.82, 2.24) is 0 Å². The maximum atomic E-state index is 6.21. The van der Waals surface area contributed by atoms with E-state index in [-0.39, 0.29) is 17.8 Å². The molecule has 0 heterocycles. The molecule has 0 radical (unpaired) electrons. The largest absolute Gasteiger partial charge is 0.129 e. The predicted molar refractivity (Wildman–Crippen MR) is 73.8 cm³/mol. The first kappa shape index (κ1) is 11.2. The number of alkyl halides is 2. The Morgan fingerprint density at radius 1 is 1.27 bits per heavy atom. The lowest BCUT2D eigenvalue weighted by molar-refractivity contribution is 0.656. The van der Waals surface area contributed by atoms with E-state index in [2.05, 4.69) is 28.7 Å². The molecule has 0 spiro atoms. The number of hydrogen-bond donors (Lipinski definition) is 0. The molecule has 0 amide bonds. The van der Waals surface area contributed by atoms with E-state index in [0.717, 1.165) is 8.61 Å². The Balaban J connectivity index is 2.10. The standard InChI is InChI=1S/C10H5Cl4I/c11-5-2-6(12)9(15)3-1-4-8(7(3)5)10(4,13)14/h1-2,4,7-8H. The quantitative estimate of drug-likeness (QED) is 0.402. The van der Waals surface area contributed by atoms with Gasteiger partial charge in [0, 0.05) is 26.4 Å². The molecule has 80 valence electrons. The van der Waals surface area contributed by atoms with E-state index in [1.165, 1.54) is 5.57 Å². The number of hydrogen-bond acceptors (Lipinski definition) is 0. The maximum absolute atomic E-state index is 6.21. The average molecular weight is 394 g/mol. The molecular formula is C10H5Cl4I. The second kappa shape index (κ2) is 3.32. The number of halogens is 5. The van der Waals surface area contributed by atoms with Gasteiger partial charge in [-0.1, -0.05) is 29.3 Å². The van der Waals surface area contributed by atoms with Crippen LogP contribution in [-0.2, 0) is 0 Å². The Labute approximate surface area is 121 Å². The van der Waals surface area contributed by atoms with Crippen LogP contribution >= 0.6 is 69.0 Å². The van der Waals surface area contributed by atoms with Gasteiger partial charge in [0.1, 0.15) is 4.33 Å². The van der Waals surface area contributed by atoms with Gasteiger partial charge in [0.25, 0.3) is 0 Å². The van der Waals surface area contributed by atoms with Gasteiger partial charge in [0.2, 0.25) is 0 Å².